The molecule has 0 atom stereocenters. The number of rotatable bonds is 34. The van der Waals surface area contributed by atoms with Gasteiger partial charge in [0.2, 0.25) is 0 Å². The second kappa shape index (κ2) is 28.5. The molecule has 0 unspecified atom stereocenters. The van der Waals surface area contributed by atoms with Gasteiger partial charge in [-0.1, -0.05) is 262 Å². The minimum atomic E-state index is -1.22. The van der Waals surface area contributed by atoms with Gasteiger partial charge in [-0.3, -0.25) is 9.59 Å². The van der Waals surface area contributed by atoms with Crippen LogP contribution in [0.4, 0.5) is 11.4 Å². The molecule has 2 aromatic rings. The first-order valence-electron chi connectivity index (χ1n) is 26.0. The highest BCUT2D eigenvalue weighted by Gasteiger charge is 2.42. The van der Waals surface area contributed by atoms with Crippen LogP contribution in [-0.4, -0.2) is 41.1 Å². The molecule has 2 aromatic carbocycles. The lowest BCUT2D eigenvalue weighted by Gasteiger charge is -2.28. The molecule has 0 saturated carbocycles. The maximum Gasteiger partial charge on any atom is 0.259 e. The number of fused-ring (bicyclic) bond motifs is 2. The highest BCUT2D eigenvalue weighted by Crippen LogP contribution is 2.48. The molecular weight excluding hydrogens is 925 g/mol. The van der Waals surface area contributed by atoms with Crippen LogP contribution in [-0.2, 0) is 9.59 Å². The normalized spacial score (nSPS) is 15.4. The molecule has 8 heteroatoms. The number of benzene rings is 2. The van der Waals surface area contributed by atoms with Gasteiger partial charge in [0.05, 0.1) is 38.7 Å². The van der Waals surface area contributed by atoms with Gasteiger partial charge in [0.15, 0.2) is 0 Å². The van der Waals surface area contributed by atoms with Gasteiger partial charge in [0.25, 0.3) is 11.8 Å². The maximum atomic E-state index is 14.6. The number of nitrogens with zero attached hydrogens (tertiary/aromatic N) is 2. The third-order valence-electron chi connectivity index (χ3n) is 14.6. The van der Waals surface area contributed by atoms with E-state index in [4.69, 9.17) is 0 Å². The molecule has 4 nitrogen and oxygen atoms in total. The van der Waals surface area contributed by atoms with Crippen LogP contribution in [0.3, 0.4) is 0 Å². The van der Waals surface area contributed by atoms with E-state index in [0.29, 0.717) is 24.2 Å². The van der Waals surface area contributed by atoms with Gasteiger partial charge in [-0.25, -0.2) is 0 Å². The molecule has 0 aliphatic carbocycles. The topological polar surface area (TPSA) is 40.6 Å². The molecule has 0 spiro atoms. The number of carbonyl (C=O) groups excluding carboxylic acids is 2. The second-order valence-corrected chi connectivity index (χ2v) is 32.3. The molecule has 62 heavy (non-hydrogen) atoms. The van der Waals surface area contributed by atoms with Gasteiger partial charge >= 0.3 is 0 Å². The fourth-order valence-corrected chi connectivity index (χ4v) is 19.4. The Morgan fingerprint density at radius 3 is 0.968 bits per heavy atom. The van der Waals surface area contributed by atoms with Crippen LogP contribution in [0.25, 0.3) is 11.1 Å². The Hall–Kier alpha value is -1.49. The van der Waals surface area contributed by atoms with E-state index in [1.165, 1.54) is 165 Å². The molecule has 0 fully saturated rings. The van der Waals surface area contributed by atoms with Crippen molar-refractivity contribution in [3.63, 3.8) is 0 Å². The fraction of sp³-hybridized carbons (Fsp3) is 0.704. The number of hydrogen-bond acceptors (Lipinski definition) is 2. The van der Waals surface area contributed by atoms with Crippen molar-refractivity contribution in [3.8, 4) is 0 Å². The quantitative estimate of drug-likeness (QED) is 0.0398. The Kier molecular flexibility index (Phi) is 24.4. The van der Waals surface area contributed by atoms with Gasteiger partial charge in [-0.2, -0.15) is 0 Å². The molecule has 0 radical (unpaired) electrons. The SMILES string of the molecule is CCCCCC[Si](C)(CCCCCC)CCCCCCN1C(=O)/C(=C2\C(=O)N(CCCCCC[Si](C)(CCCCCC)CCCCCC)c3cc(Br)ccc32)c2ccc(Br)cc21. The van der Waals surface area contributed by atoms with E-state index < -0.39 is 16.1 Å². The number of amides is 2. The molecule has 4 rings (SSSR count). The van der Waals surface area contributed by atoms with Crippen molar-refractivity contribution < 1.29 is 9.59 Å². The van der Waals surface area contributed by atoms with E-state index in [0.717, 1.165) is 57.1 Å². The Morgan fingerprint density at radius 2 is 0.677 bits per heavy atom. The van der Waals surface area contributed by atoms with Crippen LogP contribution < -0.4 is 9.80 Å². The van der Waals surface area contributed by atoms with E-state index in [1.54, 1.807) is 0 Å². The zero-order chi connectivity index (χ0) is 44.8. The predicted molar refractivity (Wildman–Crippen MR) is 285 cm³/mol. The average Bonchev–Trinajstić information content (AvgIpc) is 3.67. The summed E-state index contributed by atoms with van der Waals surface area (Å²) in [6.45, 7) is 16.0. The minimum absolute atomic E-state index is 0.0205. The summed E-state index contributed by atoms with van der Waals surface area (Å²) in [6, 6.07) is 21.2. The molecule has 348 valence electrons. The van der Waals surface area contributed by atoms with Crippen LogP contribution in [0.5, 0.6) is 0 Å². The summed E-state index contributed by atoms with van der Waals surface area (Å²) in [5.41, 5.74) is 4.81. The van der Waals surface area contributed by atoms with E-state index in [9.17, 15) is 9.59 Å². The van der Waals surface area contributed by atoms with Gasteiger partial charge in [-0.05, 0) is 37.1 Å². The van der Waals surface area contributed by atoms with Crippen molar-refractivity contribution in [2.75, 3.05) is 22.9 Å². The minimum Gasteiger partial charge on any atom is -0.308 e. The molecular formula is C54H88Br2N2O2Si2. The number of carbonyl (C=O) groups is 2. The monoisotopic (exact) mass is 1010 g/mol. The van der Waals surface area contributed by atoms with E-state index in [2.05, 4.69) is 84.8 Å². The first-order chi connectivity index (χ1) is 30.0. The molecule has 2 amide bonds. The third kappa shape index (κ3) is 16.4. The lowest BCUT2D eigenvalue weighted by atomic mass is 9.96. The summed E-state index contributed by atoms with van der Waals surface area (Å²) < 4.78 is 1.92. The number of halogens is 2. The maximum absolute atomic E-state index is 14.6. The highest BCUT2D eigenvalue weighted by atomic mass is 79.9. The van der Waals surface area contributed by atoms with Gasteiger partial charge < -0.3 is 9.80 Å². The summed E-state index contributed by atoms with van der Waals surface area (Å²) >= 11 is 7.41. The summed E-state index contributed by atoms with van der Waals surface area (Å²) in [7, 11) is -2.44. The standard InChI is InChI=1S/C54H88Br2N2O2Si2/c1-7-11-15-25-37-61(5,38-26-16-12-8-2)41-29-21-19-23-35-57-49-43-45(55)31-33-47(49)51(53(57)59)52-48-34-32-46(56)44-50(48)58(54(52)60)36-24-20-22-30-42-62(6,39-27-17-13-9-3)40-28-18-14-10-4/h31-34,43-44H,7-30,35-42H2,1-6H3/b52-51-. The number of hydrogen-bond donors (Lipinski definition) is 0. The fourth-order valence-electron chi connectivity index (χ4n) is 10.5. The van der Waals surface area contributed by atoms with E-state index in [-0.39, 0.29) is 11.8 Å². The van der Waals surface area contributed by atoms with Crippen molar-refractivity contribution in [1.29, 1.82) is 0 Å². The van der Waals surface area contributed by atoms with Crippen LogP contribution in [0.15, 0.2) is 45.3 Å². The van der Waals surface area contributed by atoms with Crippen LogP contribution in [0.1, 0.15) is 193 Å². The van der Waals surface area contributed by atoms with Crippen molar-refractivity contribution in [2.24, 2.45) is 0 Å². The van der Waals surface area contributed by atoms with Crippen LogP contribution in [0.2, 0.25) is 49.4 Å². The summed E-state index contributed by atoms with van der Waals surface area (Å²) in [6.07, 6.45) is 31.4. The van der Waals surface area contributed by atoms with Crippen molar-refractivity contribution in [2.45, 2.75) is 231 Å². The second-order valence-electron chi connectivity index (χ2n) is 20.2. The van der Waals surface area contributed by atoms with Crippen LogP contribution >= 0.6 is 31.9 Å². The Labute approximate surface area is 399 Å². The predicted octanol–water partition coefficient (Wildman–Crippen LogP) is 18.4. The lowest BCUT2D eigenvalue weighted by Crippen LogP contribution is -2.30. The van der Waals surface area contributed by atoms with E-state index in [1.807, 2.05) is 34.1 Å². The molecule has 0 saturated heterocycles. The Bertz CT molecular complexity index is 1550. The molecule has 2 heterocycles. The first-order valence-corrected chi connectivity index (χ1v) is 33.8. The highest BCUT2D eigenvalue weighted by molar-refractivity contribution is 9.10. The molecule has 2 aliphatic rings. The van der Waals surface area contributed by atoms with Crippen molar-refractivity contribution in [3.05, 3.63) is 56.5 Å². The smallest absolute Gasteiger partial charge is 0.259 e. The zero-order valence-electron chi connectivity index (χ0n) is 40.6. The number of unbranched alkanes of at least 4 members (excludes halogenated alkanes) is 18. The summed E-state index contributed by atoms with van der Waals surface area (Å²) in [5, 5.41) is 0. The molecule has 0 aromatic heterocycles. The lowest BCUT2D eigenvalue weighted by molar-refractivity contribution is -0.114. The molecule has 2 aliphatic heterocycles. The first kappa shape index (κ1) is 53.1. The average molecular weight is 1010 g/mol. The van der Waals surface area contributed by atoms with Gasteiger partial charge in [0.1, 0.15) is 0 Å². The van der Waals surface area contributed by atoms with Gasteiger partial charge in [0, 0.05) is 33.2 Å². The zero-order valence-corrected chi connectivity index (χ0v) is 45.7. The van der Waals surface area contributed by atoms with Crippen molar-refractivity contribution >= 4 is 82.3 Å². The summed E-state index contributed by atoms with van der Waals surface area (Å²) in [5.74, 6) is -0.0409. The Balaban J connectivity index is 1.38. The summed E-state index contributed by atoms with van der Waals surface area (Å²) in [4.78, 5) is 33.2. The molecule has 0 bridgehead atoms. The third-order valence-corrected chi connectivity index (χ3v) is 24.9. The van der Waals surface area contributed by atoms with Gasteiger partial charge in [-0.15, -0.1) is 0 Å². The number of anilines is 2. The van der Waals surface area contributed by atoms with E-state index >= 15 is 0 Å². The molecule has 0 N–H and O–H groups in total. The van der Waals surface area contributed by atoms with Crippen molar-refractivity contribution in [1.82, 2.24) is 0 Å². The Morgan fingerprint density at radius 1 is 0.403 bits per heavy atom. The largest absolute Gasteiger partial charge is 0.308 e. The van der Waals surface area contributed by atoms with Crippen LogP contribution in [0, 0.1) is 0 Å².